The topological polar surface area (TPSA) is 99.1 Å². The highest BCUT2D eigenvalue weighted by Crippen LogP contribution is 2.12. The molecule has 8 heteroatoms. The molecule has 0 fully saturated rings. The molecule has 0 aromatic rings. The predicted molar refractivity (Wildman–Crippen MR) is 206 cm³/mol. The van der Waals surface area contributed by atoms with Crippen LogP contribution in [0.15, 0.2) is 60.8 Å². The SMILES string of the molecule is CC/C=C\C/C=C\C/C=C\C/C=C\CCC(=O)OC(COCCC(C(=O)O)[N+](C)(C)C)COC(=O)CCCCCCC/C=C\CCCCCC. The van der Waals surface area contributed by atoms with E-state index in [1.165, 1.54) is 38.5 Å². The maximum atomic E-state index is 12.6. The predicted octanol–water partition coefficient (Wildman–Crippen LogP) is 9.85. The molecule has 0 heterocycles. The monoisotopic (exact) mass is 703 g/mol. The number of rotatable bonds is 33. The molecule has 0 saturated heterocycles. The number of carboxylic acids is 1. The van der Waals surface area contributed by atoms with E-state index in [1.54, 1.807) is 0 Å². The average Bonchev–Trinajstić information content (AvgIpc) is 3.06. The summed E-state index contributed by atoms with van der Waals surface area (Å²) in [6.45, 7) is 4.49. The zero-order valence-electron chi connectivity index (χ0n) is 32.3. The van der Waals surface area contributed by atoms with Gasteiger partial charge in [0.1, 0.15) is 6.61 Å². The van der Waals surface area contributed by atoms with E-state index >= 15 is 0 Å². The molecule has 0 aliphatic carbocycles. The summed E-state index contributed by atoms with van der Waals surface area (Å²) in [7, 11) is 5.48. The molecular formula is C42H72NO7+. The number of carbonyl (C=O) groups is 3. The Balaban J connectivity index is 4.55. The molecule has 1 N–H and O–H groups in total. The number of esters is 2. The molecule has 2 atom stereocenters. The van der Waals surface area contributed by atoms with Gasteiger partial charge in [0.25, 0.3) is 0 Å². The summed E-state index contributed by atoms with van der Waals surface area (Å²) < 4.78 is 17.1. The molecule has 286 valence electrons. The first-order valence-corrected chi connectivity index (χ1v) is 19.3. The third-order valence-corrected chi connectivity index (χ3v) is 8.16. The number of ether oxygens (including phenoxy) is 3. The molecular weight excluding hydrogens is 630 g/mol. The highest BCUT2D eigenvalue weighted by atomic mass is 16.6. The van der Waals surface area contributed by atoms with Crippen LogP contribution in [0.3, 0.4) is 0 Å². The Labute approximate surface area is 305 Å². The fourth-order valence-electron chi connectivity index (χ4n) is 5.16. The van der Waals surface area contributed by atoms with Gasteiger partial charge in [-0.3, -0.25) is 9.59 Å². The smallest absolute Gasteiger partial charge is 0.362 e. The molecule has 0 aromatic carbocycles. The largest absolute Gasteiger partial charge is 0.477 e. The molecule has 0 spiro atoms. The second kappa shape index (κ2) is 33.2. The number of aliphatic carboxylic acids is 1. The first-order valence-electron chi connectivity index (χ1n) is 19.3. The summed E-state index contributed by atoms with van der Waals surface area (Å²) in [5, 5.41) is 9.58. The second-order valence-electron chi connectivity index (χ2n) is 13.8. The summed E-state index contributed by atoms with van der Waals surface area (Å²) in [4.78, 5) is 36.7. The highest BCUT2D eigenvalue weighted by Gasteiger charge is 2.31. The maximum Gasteiger partial charge on any atom is 0.362 e. The molecule has 0 radical (unpaired) electrons. The third kappa shape index (κ3) is 31.0. The highest BCUT2D eigenvalue weighted by molar-refractivity contribution is 5.72. The van der Waals surface area contributed by atoms with E-state index in [9.17, 15) is 19.5 Å². The van der Waals surface area contributed by atoms with Gasteiger partial charge >= 0.3 is 17.9 Å². The summed E-state index contributed by atoms with van der Waals surface area (Å²) in [6, 6.07) is -0.628. The normalized spacial score (nSPS) is 13.7. The minimum Gasteiger partial charge on any atom is -0.477 e. The number of quaternary nitrogens is 1. The van der Waals surface area contributed by atoms with Crippen LogP contribution >= 0.6 is 0 Å². The molecule has 0 aliphatic rings. The van der Waals surface area contributed by atoms with Crippen LogP contribution in [0.2, 0.25) is 0 Å². The lowest BCUT2D eigenvalue weighted by Crippen LogP contribution is -2.50. The first kappa shape index (κ1) is 47.0. The Morgan fingerprint density at radius 2 is 1.16 bits per heavy atom. The van der Waals surface area contributed by atoms with E-state index in [0.29, 0.717) is 19.3 Å². The third-order valence-electron chi connectivity index (χ3n) is 8.16. The lowest BCUT2D eigenvalue weighted by Gasteiger charge is -2.31. The van der Waals surface area contributed by atoms with Gasteiger partial charge in [-0.1, -0.05) is 113 Å². The standard InChI is InChI=1S/C42H71NO7/c1-6-8-10-12-14-16-18-20-22-24-26-28-30-32-40(44)49-37-38(36-48-35-34-39(42(46)47)43(3,4)5)50-41(45)33-31-29-27-25-23-21-19-17-15-13-11-9-7-2/h9,11,15-18,21,23,27,29,38-39H,6-8,10,12-14,19-20,22,24-26,28,30-37H2,1-5H3/p+1/b11-9-,17-15-,18-16-,23-21-,29-27-. The molecule has 0 saturated carbocycles. The van der Waals surface area contributed by atoms with E-state index in [4.69, 9.17) is 14.2 Å². The van der Waals surface area contributed by atoms with Crippen molar-refractivity contribution in [3.8, 4) is 0 Å². The van der Waals surface area contributed by atoms with E-state index in [0.717, 1.165) is 57.8 Å². The summed E-state index contributed by atoms with van der Waals surface area (Å²) in [6.07, 6.45) is 38.5. The molecule has 50 heavy (non-hydrogen) atoms. The van der Waals surface area contributed by atoms with Gasteiger partial charge in [-0.05, 0) is 64.2 Å². The molecule has 0 aliphatic heterocycles. The van der Waals surface area contributed by atoms with Gasteiger partial charge < -0.3 is 23.8 Å². The Bertz CT molecular complexity index is 1010. The number of allylic oxidation sites excluding steroid dienone is 10. The zero-order chi connectivity index (χ0) is 37.1. The molecule has 0 bridgehead atoms. The molecule has 2 unspecified atom stereocenters. The molecule has 8 nitrogen and oxygen atoms in total. The summed E-state index contributed by atoms with van der Waals surface area (Å²) >= 11 is 0. The maximum absolute atomic E-state index is 12.6. The van der Waals surface area contributed by atoms with Crippen LogP contribution in [-0.4, -0.2) is 80.6 Å². The number of unbranched alkanes of at least 4 members (excludes halogenated alkanes) is 9. The van der Waals surface area contributed by atoms with Gasteiger partial charge in [0.15, 0.2) is 12.1 Å². The van der Waals surface area contributed by atoms with Gasteiger partial charge in [0.2, 0.25) is 0 Å². The minimum absolute atomic E-state index is 0.0274. The second-order valence-corrected chi connectivity index (χ2v) is 13.8. The Morgan fingerprint density at radius 1 is 0.620 bits per heavy atom. The van der Waals surface area contributed by atoms with Gasteiger partial charge in [-0.2, -0.15) is 0 Å². The number of hydrogen-bond donors (Lipinski definition) is 1. The van der Waals surface area contributed by atoms with Crippen LogP contribution in [0, 0.1) is 0 Å². The van der Waals surface area contributed by atoms with Crippen molar-refractivity contribution >= 4 is 17.9 Å². The van der Waals surface area contributed by atoms with Crippen molar-refractivity contribution in [2.45, 2.75) is 148 Å². The quantitative estimate of drug-likeness (QED) is 0.0315. The lowest BCUT2D eigenvalue weighted by atomic mass is 10.1. The zero-order valence-corrected chi connectivity index (χ0v) is 32.3. The van der Waals surface area contributed by atoms with Gasteiger partial charge in [0, 0.05) is 19.3 Å². The van der Waals surface area contributed by atoms with Crippen molar-refractivity contribution in [1.82, 2.24) is 0 Å². The van der Waals surface area contributed by atoms with E-state index in [2.05, 4.69) is 62.5 Å². The number of carbonyl (C=O) groups excluding carboxylic acids is 2. The van der Waals surface area contributed by atoms with Gasteiger partial charge in [-0.15, -0.1) is 0 Å². The minimum atomic E-state index is -0.890. The molecule has 0 amide bonds. The number of likely N-dealkylation sites (N-methyl/N-ethyl adjacent to an activating group) is 1. The van der Waals surface area contributed by atoms with Crippen LogP contribution in [-0.2, 0) is 28.6 Å². The lowest BCUT2D eigenvalue weighted by molar-refractivity contribution is -0.887. The molecule has 0 aromatic heterocycles. The number of nitrogens with zero attached hydrogens (tertiary/aromatic N) is 1. The van der Waals surface area contributed by atoms with Crippen molar-refractivity contribution in [3.05, 3.63) is 60.8 Å². The summed E-state index contributed by atoms with van der Waals surface area (Å²) in [5.41, 5.74) is 0. The van der Waals surface area contributed by atoms with E-state index < -0.39 is 24.1 Å². The van der Waals surface area contributed by atoms with Crippen molar-refractivity contribution in [2.24, 2.45) is 0 Å². The van der Waals surface area contributed by atoms with E-state index in [-0.39, 0.29) is 36.7 Å². The average molecular weight is 703 g/mol. The van der Waals surface area contributed by atoms with Crippen LogP contribution in [0.5, 0.6) is 0 Å². The van der Waals surface area contributed by atoms with Crippen LogP contribution in [0.1, 0.15) is 136 Å². The van der Waals surface area contributed by atoms with Crippen molar-refractivity contribution in [1.29, 1.82) is 0 Å². The van der Waals surface area contributed by atoms with E-state index in [1.807, 2.05) is 33.3 Å². The van der Waals surface area contributed by atoms with Crippen molar-refractivity contribution in [3.63, 3.8) is 0 Å². The van der Waals surface area contributed by atoms with Crippen LogP contribution in [0.4, 0.5) is 0 Å². The number of hydrogen-bond acceptors (Lipinski definition) is 6. The Hall–Kier alpha value is -2.97. The Morgan fingerprint density at radius 3 is 1.74 bits per heavy atom. The fraction of sp³-hybridized carbons (Fsp3) is 0.690. The van der Waals surface area contributed by atoms with Gasteiger partial charge in [0.05, 0.1) is 34.4 Å². The first-order chi connectivity index (χ1) is 24.1. The summed E-state index contributed by atoms with van der Waals surface area (Å²) in [5.74, 6) is -1.59. The fourth-order valence-corrected chi connectivity index (χ4v) is 5.16. The van der Waals surface area contributed by atoms with Gasteiger partial charge in [-0.25, -0.2) is 4.79 Å². The van der Waals surface area contributed by atoms with Crippen LogP contribution < -0.4 is 0 Å². The Kier molecular flexibility index (Phi) is 31.2. The van der Waals surface area contributed by atoms with Crippen molar-refractivity contribution < 1.29 is 38.2 Å². The van der Waals surface area contributed by atoms with Crippen LogP contribution in [0.25, 0.3) is 0 Å². The molecule has 0 rings (SSSR count). The van der Waals surface area contributed by atoms with Crippen molar-refractivity contribution in [2.75, 3.05) is 41.0 Å². The number of carboxylic acid groups (broad SMARTS) is 1.